The predicted molar refractivity (Wildman–Crippen MR) is 94.8 cm³/mol. The summed E-state index contributed by atoms with van der Waals surface area (Å²) in [5.41, 5.74) is 0.368. The van der Waals surface area contributed by atoms with Gasteiger partial charge in [-0.2, -0.15) is 13.2 Å². The zero-order chi connectivity index (χ0) is 20.7. The molecule has 7 nitrogen and oxygen atoms in total. The fraction of sp³-hybridized carbons (Fsp3) is 0.294. The molecule has 0 saturated heterocycles. The zero-order valence-corrected chi connectivity index (χ0v) is 15.6. The lowest BCUT2D eigenvalue weighted by molar-refractivity contribution is -0.153. The summed E-state index contributed by atoms with van der Waals surface area (Å²) >= 11 is 0. The fourth-order valence-corrected chi connectivity index (χ4v) is 3.51. The smallest absolute Gasteiger partial charge is 0.422 e. The van der Waals surface area contributed by atoms with Gasteiger partial charge in [0.2, 0.25) is 0 Å². The first-order chi connectivity index (χ1) is 12.9. The highest BCUT2D eigenvalue weighted by molar-refractivity contribution is 7.89. The average molecular weight is 416 g/mol. The number of nitrogens with zero attached hydrogens (tertiary/aromatic N) is 2. The molecular formula is C17H15F3N2O5S. The van der Waals surface area contributed by atoms with Crippen LogP contribution in [-0.4, -0.2) is 37.0 Å². The SMILES string of the molecule is Cn1cc(-c2cc(CS(C)(=O)=O)ccc2OCC(F)(F)F)c2ocnc2c1=O. The molecule has 3 rings (SSSR count). The van der Waals surface area contributed by atoms with Gasteiger partial charge in [0, 0.05) is 30.6 Å². The Balaban J connectivity index is 2.21. The number of oxazole rings is 1. The van der Waals surface area contributed by atoms with Crippen molar-refractivity contribution < 1.29 is 30.7 Å². The van der Waals surface area contributed by atoms with Crippen LogP contribution in [0.2, 0.25) is 0 Å². The number of benzene rings is 1. The Hall–Kier alpha value is -2.82. The Kier molecular flexibility index (Phi) is 4.96. The van der Waals surface area contributed by atoms with Gasteiger partial charge in [-0.05, 0) is 17.7 Å². The van der Waals surface area contributed by atoms with E-state index in [9.17, 15) is 26.4 Å². The van der Waals surface area contributed by atoms with Crippen LogP contribution in [0.15, 0.2) is 40.0 Å². The molecule has 0 unspecified atom stereocenters. The van der Waals surface area contributed by atoms with E-state index in [1.165, 1.54) is 36.0 Å². The van der Waals surface area contributed by atoms with E-state index in [4.69, 9.17) is 9.15 Å². The molecule has 0 saturated carbocycles. The molecule has 28 heavy (non-hydrogen) atoms. The second-order valence-electron chi connectivity index (χ2n) is 6.29. The molecule has 0 atom stereocenters. The number of aryl methyl sites for hydroxylation is 1. The first-order valence-electron chi connectivity index (χ1n) is 7.88. The summed E-state index contributed by atoms with van der Waals surface area (Å²) in [7, 11) is -1.93. The number of halogens is 3. The van der Waals surface area contributed by atoms with E-state index >= 15 is 0 Å². The van der Waals surface area contributed by atoms with Crippen LogP contribution < -0.4 is 10.3 Å². The van der Waals surface area contributed by atoms with Crippen LogP contribution >= 0.6 is 0 Å². The molecule has 0 aliphatic rings. The maximum absolute atomic E-state index is 12.6. The average Bonchev–Trinajstić information content (AvgIpc) is 3.04. The van der Waals surface area contributed by atoms with Gasteiger partial charge in [-0.3, -0.25) is 4.79 Å². The minimum Gasteiger partial charge on any atom is -0.483 e. The predicted octanol–water partition coefficient (Wildman–Crippen LogP) is 2.68. The van der Waals surface area contributed by atoms with E-state index in [-0.39, 0.29) is 33.7 Å². The van der Waals surface area contributed by atoms with Gasteiger partial charge in [0.15, 0.2) is 33.9 Å². The van der Waals surface area contributed by atoms with Crippen molar-refractivity contribution in [2.75, 3.05) is 12.9 Å². The lowest BCUT2D eigenvalue weighted by Gasteiger charge is -2.15. The molecule has 0 bridgehead atoms. The molecule has 0 amide bonds. The summed E-state index contributed by atoms with van der Waals surface area (Å²) in [5.74, 6) is -0.448. The van der Waals surface area contributed by atoms with E-state index in [1.807, 2.05) is 0 Å². The summed E-state index contributed by atoms with van der Waals surface area (Å²) < 4.78 is 72.4. The quantitative estimate of drug-likeness (QED) is 0.635. The molecule has 11 heteroatoms. The number of pyridine rings is 1. The normalized spacial score (nSPS) is 12.5. The Labute approximate surface area is 157 Å². The monoisotopic (exact) mass is 416 g/mol. The van der Waals surface area contributed by atoms with Gasteiger partial charge in [-0.25, -0.2) is 13.4 Å². The van der Waals surface area contributed by atoms with Crippen molar-refractivity contribution in [2.45, 2.75) is 11.9 Å². The fourth-order valence-electron chi connectivity index (χ4n) is 2.72. The van der Waals surface area contributed by atoms with Crippen LogP contribution in [0.1, 0.15) is 5.56 Å². The first kappa shape index (κ1) is 19.9. The Bertz CT molecular complexity index is 1200. The number of alkyl halides is 3. The molecule has 0 N–H and O–H groups in total. The molecule has 150 valence electrons. The van der Waals surface area contributed by atoms with E-state index in [2.05, 4.69) is 4.98 Å². The molecule has 1 aromatic carbocycles. The highest BCUT2D eigenvalue weighted by Gasteiger charge is 2.29. The van der Waals surface area contributed by atoms with Crippen molar-refractivity contribution in [1.82, 2.24) is 9.55 Å². The molecule has 2 aromatic heterocycles. The standard InChI is InChI=1S/C17H15F3N2O5S/c1-22-6-12(15-14(16(22)23)21-9-27-15)11-5-10(7-28(2,24)25)3-4-13(11)26-8-17(18,19)20/h3-6,9H,7-8H2,1-2H3. The number of fused-ring (bicyclic) bond motifs is 1. The van der Waals surface area contributed by atoms with Crippen LogP contribution in [0, 0.1) is 0 Å². The van der Waals surface area contributed by atoms with E-state index in [1.54, 1.807) is 0 Å². The Morgan fingerprint density at radius 3 is 2.61 bits per heavy atom. The maximum atomic E-state index is 12.6. The van der Waals surface area contributed by atoms with Gasteiger partial charge < -0.3 is 13.7 Å². The second-order valence-corrected chi connectivity index (χ2v) is 8.43. The summed E-state index contributed by atoms with van der Waals surface area (Å²) in [4.78, 5) is 16.0. The van der Waals surface area contributed by atoms with Gasteiger partial charge in [-0.1, -0.05) is 6.07 Å². The lowest BCUT2D eigenvalue weighted by atomic mass is 10.0. The Morgan fingerprint density at radius 1 is 1.25 bits per heavy atom. The van der Waals surface area contributed by atoms with Crippen molar-refractivity contribution in [3.8, 4) is 16.9 Å². The summed E-state index contributed by atoms with van der Waals surface area (Å²) in [6.45, 7) is -1.53. The van der Waals surface area contributed by atoms with Crippen LogP contribution in [0.4, 0.5) is 13.2 Å². The minimum atomic E-state index is -4.56. The molecule has 0 aliphatic heterocycles. The van der Waals surface area contributed by atoms with Crippen LogP contribution in [0.25, 0.3) is 22.2 Å². The first-order valence-corrected chi connectivity index (χ1v) is 9.94. The number of hydrogen-bond donors (Lipinski definition) is 0. The molecule has 0 aliphatic carbocycles. The van der Waals surface area contributed by atoms with Gasteiger partial charge in [-0.15, -0.1) is 0 Å². The van der Waals surface area contributed by atoms with Gasteiger partial charge in [0.05, 0.1) is 5.75 Å². The van der Waals surface area contributed by atoms with Crippen LogP contribution in [0.3, 0.4) is 0 Å². The number of sulfone groups is 1. The van der Waals surface area contributed by atoms with Crippen molar-refractivity contribution >= 4 is 20.9 Å². The summed E-state index contributed by atoms with van der Waals surface area (Å²) in [6, 6.07) is 4.03. The van der Waals surface area contributed by atoms with Gasteiger partial charge in [0.25, 0.3) is 5.56 Å². The second kappa shape index (κ2) is 6.97. The third-order valence-electron chi connectivity index (χ3n) is 3.81. The van der Waals surface area contributed by atoms with E-state index in [0.717, 1.165) is 12.6 Å². The minimum absolute atomic E-state index is 0.00436. The van der Waals surface area contributed by atoms with Crippen LogP contribution in [-0.2, 0) is 22.6 Å². The Morgan fingerprint density at radius 2 is 1.96 bits per heavy atom. The molecule has 3 aromatic rings. The summed E-state index contributed by atoms with van der Waals surface area (Å²) in [5, 5.41) is 0. The van der Waals surface area contributed by atoms with Gasteiger partial charge in [0.1, 0.15) is 5.75 Å². The van der Waals surface area contributed by atoms with Crippen molar-refractivity contribution in [3.63, 3.8) is 0 Å². The number of rotatable bonds is 5. The van der Waals surface area contributed by atoms with Crippen molar-refractivity contribution in [3.05, 3.63) is 46.7 Å². The summed E-state index contributed by atoms with van der Waals surface area (Å²) in [6.07, 6.45) is -1.10. The molecule has 2 heterocycles. The van der Waals surface area contributed by atoms with E-state index < -0.39 is 28.2 Å². The molecule has 0 fully saturated rings. The number of aromatic nitrogens is 2. The third kappa shape index (κ3) is 4.35. The lowest BCUT2D eigenvalue weighted by Crippen LogP contribution is -2.20. The van der Waals surface area contributed by atoms with Crippen molar-refractivity contribution in [2.24, 2.45) is 7.05 Å². The van der Waals surface area contributed by atoms with Crippen LogP contribution in [0.5, 0.6) is 5.75 Å². The van der Waals surface area contributed by atoms with Gasteiger partial charge >= 0.3 is 6.18 Å². The largest absolute Gasteiger partial charge is 0.483 e. The highest BCUT2D eigenvalue weighted by Crippen LogP contribution is 2.36. The van der Waals surface area contributed by atoms with Crippen molar-refractivity contribution in [1.29, 1.82) is 0 Å². The topological polar surface area (TPSA) is 91.4 Å². The third-order valence-corrected chi connectivity index (χ3v) is 4.67. The molecule has 0 radical (unpaired) electrons. The maximum Gasteiger partial charge on any atom is 0.422 e. The zero-order valence-electron chi connectivity index (χ0n) is 14.8. The number of hydrogen-bond acceptors (Lipinski definition) is 6. The molecule has 0 spiro atoms. The highest BCUT2D eigenvalue weighted by atomic mass is 32.2. The van der Waals surface area contributed by atoms with E-state index in [0.29, 0.717) is 5.56 Å². The molecular weight excluding hydrogens is 401 g/mol. The number of ether oxygens (including phenoxy) is 1.